The number of aliphatic hydroxyl groups excluding tert-OH is 4. The normalized spacial score (nSPS) is 22.0. The number of aliphatic hydroxyl groups is 4. The van der Waals surface area contributed by atoms with Crippen LogP contribution in [0.1, 0.15) is 244 Å². The Morgan fingerprint density at radius 2 is 0.756 bits per heavy atom. The molecule has 6 saturated carbocycles. The van der Waals surface area contributed by atoms with E-state index in [1.165, 1.54) is 49.8 Å². The Morgan fingerprint density at radius 3 is 1.07 bits per heavy atom. The van der Waals surface area contributed by atoms with E-state index in [-0.39, 0.29) is 123 Å². The summed E-state index contributed by atoms with van der Waals surface area (Å²) < 4.78 is 111. The van der Waals surface area contributed by atoms with Crippen LogP contribution in [-0.4, -0.2) is 137 Å². The van der Waals surface area contributed by atoms with Crippen molar-refractivity contribution in [2.24, 2.45) is 11.8 Å². The Hall–Kier alpha value is -10.9. The third-order valence-corrected chi connectivity index (χ3v) is 23.8. The lowest BCUT2D eigenvalue weighted by Gasteiger charge is -2.27. The Morgan fingerprint density at radius 1 is 0.445 bits per heavy atom. The van der Waals surface area contributed by atoms with Crippen molar-refractivity contribution in [1.29, 1.82) is 5.26 Å². The van der Waals surface area contributed by atoms with Crippen LogP contribution in [0.15, 0.2) is 92.5 Å². The van der Waals surface area contributed by atoms with Gasteiger partial charge in [0.2, 0.25) is 21.7 Å². The molecule has 8 fully saturated rings. The second-order valence-corrected chi connectivity index (χ2v) is 32.3. The van der Waals surface area contributed by atoms with Crippen molar-refractivity contribution in [2.75, 3.05) is 42.7 Å². The Kier molecular flexibility index (Phi) is 25.3. The average molecular weight is 1640 g/mol. The number of nitrogens with zero attached hydrogens (tertiary/aromatic N) is 7. The van der Waals surface area contributed by atoms with Crippen LogP contribution >= 0.6 is 0 Å². The van der Waals surface area contributed by atoms with Crippen LogP contribution in [0.25, 0.3) is 67.9 Å². The molecule has 8 atom stereocenters. The second-order valence-electron chi connectivity index (χ2n) is 32.3. The molecular weight excluding hydrogens is 1550 g/mol. The van der Waals surface area contributed by atoms with Crippen molar-refractivity contribution in [2.45, 2.75) is 217 Å². The van der Waals surface area contributed by atoms with E-state index in [0.717, 1.165) is 89.2 Å². The fourth-order valence-electron chi connectivity index (χ4n) is 17.7. The van der Waals surface area contributed by atoms with Gasteiger partial charge in [-0.3, -0.25) is 19.2 Å². The number of rotatable bonds is 17. The summed E-state index contributed by atoms with van der Waals surface area (Å²) in [6, 6.07) is 6.33. The van der Waals surface area contributed by atoms with Gasteiger partial charge in [0.1, 0.15) is 33.9 Å². The molecule has 18 rings (SSSR count). The molecular formula is C90H95F6N7O16. The first-order valence-corrected chi connectivity index (χ1v) is 41.1. The van der Waals surface area contributed by atoms with Crippen molar-refractivity contribution in [3.63, 3.8) is 0 Å². The number of fused-ring (bicyclic) bond motifs is 12. The molecule has 8 heterocycles. The zero-order chi connectivity index (χ0) is 84.7. The first-order valence-electron chi connectivity index (χ1n) is 41.1. The quantitative estimate of drug-likeness (QED) is 0.0321. The Bertz CT molecular complexity index is 5640. The third kappa shape index (κ3) is 17.5. The highest BCUT2D eigenvalue weighted by Crippen LogP contribution is 2.47. The molecule has 5 N–H and O–H groups in total. The number of aromatic nitrogens is 4. The summed E-state index contributed by atoms with van der Waals surface area (Å²) >= 11 is 0. The molecule has 0 bridgehead atoms. The van der Waals surface area contributed by atoms with Crippen LogP contribution in [0.3, 0.4) is 0 Å². The molecule has 2 saturated heterocycles. The lowest BCUT2D eigenvalue weighted by molar-refractivity contribution is 0.0514. The van der Waals surface area contributed by atoms with E-state index >= 15 is 8.78 Å². The number of ether oxygens (including phenoxy) is 3. The van der Waals surface area contributed by atoms with Crippen molar-refractivity contribution in [3.8, 4) is 6.07 Å². The van der Waals surface area contributed by atoms with Gasteiger partial charge in [-0.25, -0.2) is 45.5 Å². The molecule has 628 valence electrons. The van der Waals surface area contributed by atoms with Crippen molar-refractivity contribution in [1.82, 2.24) is 18.3 Å². The van der Waals surface area contributed by atoms with Crippen molar-refractivity contribution >= 4 is 103 Å². The van der Waals surface area contributed by atoms with Gasteiger partial charge in [0, 0.05) is 103 Å². The maximum absolute atomic E-state index is 15.3. The standard InChI is InChI=1S/2C23H25F2NO4.C22H23FN2O4.C20H19FN2O4.C2H3N/c2*1-2-30-23(29)18-12-26(14-7-8-14)21-16(5-3-4-13-6-9-15(27)10-13)20(25)19(24)11-17(21)22(18)28;1-2-29-22(28)17-11-25(12-6-7-12)19-15-5-3-4-13-8-14(26)10-24(13)20(15)18(23)9-16(19)21(17)27;21-16-7-14-17(23(10-4-5-10)9-15(19(14)25)20(26)27)13-3-1-2-11-6-12(24)8-22(11)18(13)16;1-2-3/h2*3,5,11-15,27H,2,4,6-10H2,1H3;3,5,9,11-14,26H,2,4,6-8,10H2,1H3;1,3,7,9-12,24H,2,4-6,8H2,(H,26,27);1H3/b2*5-3-;;;/t2*13-,15+;13-,14+;11-,12+;/m0011./s1. The summed E-state index contributed by atoms with van der Waals surface area (Å²) in [4.78, 5) is 104. The van der Waals surface area contributed by atoms with Gasteiger partial charge in [-0.15, -0.1) is 0 Å². The van der Waals surface area contributed by atoms with Gasteiger partial charge < -0.3 is 67.8 Å². The van der Waals surface area contributed by atoms with E-state index in [1.807, 2.05) is 43.2 Å². The largest absolute Gasteiger partial charge is 0.477 e. The predicted molar refractivity (Wildman–Crippen MR) is 437 cm³/mol. The number of pyridine rings is 4. The first kappa shape index (κ1) is 84.5. The van der Waals surface area contributed by atoms with E-state index in [2.05, 4.69) is 0 Å². The first-order chi connectivity index (χ1) is 57.2. The molecule has 8 aromatic rings. The molecule has 0 radical (unpaired) electrons. The number of esters is 3. The SMILES string of the molecule is CC#N.CCOC(=O)c1cn(C2CC2)c2c(/C=C\C[C@H]3CC[C@@H](O)C3)c(F)c(F)cc2c1=O.CCOC(=O)c1cn(C2CC2)c2c(/C=C\C[C@H]3CC[C@@H](O)C3)c(F)c(F)cc2c1=O.CCOC(=O)c1cn(C2CC2)c2c3c(c(F)cc2c1=O)N1C[C@@H](O)C[C@H]1CC=C3.O=C(O)c1cn(C2CC2)c2c3c(c(F)cc2c1=O)N1C[C@@H](O)C[C@H]1CC=C3. The summed E-state index contributed by atoms with van der Waals surface area (Å²) in [6.45, 7) is 7.50. The second kappa shape index (κ2) is 35.6. The monoisotopic (exact) mass is 1640 g/mol. The van der Waals surface area contributed by atoms with E-state index in [4.69, 9.17) is 19.5 Å². The zero-order valence-electron chi connectivity index (χ0n) is 66.5. The highest BCUT2D eigenvalue weighted by atomic mass is 19.2. The zero-order valence-corrected chi connectivity index (χ0v) is 66.5. The number of halogens is 6. The number of benzene rings is 4. The van der Waals surface area contributed by atoms with Crippen LogP contribution in [0.5, 0.6) is 0 Å². The lowest BCUT2D eigenvalue weighted by atomic mass is 10.0. The number of hydrogen-bond donors (Lipinski definition) is 5. The van der Waals surface area contributed by atoms with E-state index < -0.39 is 92.7 Å². The minimum Gasteiger partial charge on any atom is -0.477 e. The summed E-state index contributed by atoms with van der Waals surface area (Å²) in [5, 5.41) is 56.5. The predicted octanol–water partition coefficient (Wildman–Crippen LogP) is 14.8. The van der Waals surface area contributed by atoms with E-state index in [0.29, 0.717) is 121 Å². The fraction of sp³-hybridized carbons (Fsp3) is 0.456. The fourth-order valence-corrected chi connectivity index (χ4v) is 17.7. The molecule has 0 amide bonds. The van der Waals surface area contributed by atoms with Crippen LogP contribution in [0.4, 0.5) is 37.7 Å². The Balaban J connectivity index is 0.000000129. The molecule has 119 heavy (non-hydrogen) atoms. The van der Waals surface area contributed by atoms with Crippen molar-refractivity contribution in [3.05, 3.63) is 194 Å². The highest BCUT2D eigenvalue weighted by Gasteiger charge is 2.41. The third-order valence-electron chi connectivity index (χ3n) is 23.8. The number of anilines is 2. The number of carboxylic acid groups (broad SMARTS) is 1. The number of hydrogen-bond acceptors (Lipinski definition) is 18. The molecule has 10 aliphatic rings. The van der Waals surface area contributed by atoms with Gasteiger partial charge in [0.25, 0.3) is 0 Å². The molecule has 6 aliphatic carbocycles. The summed E-state index contributed by atoms with van der Waals surface area (Å²) in [5.74, 6) is -8.22. The molecule has 0 spiro atoms. The van der Waals surface area contributed by atoms with Crippen LogP contribution < -0.4 is 31.5 Å². The topological polar surface area (TPSA) is 315 Å². The molecule has 0 unspecified atom stereocenters. The van der Waals surface area contributed by atoms with Gasteiger partial charge in [0.15, 0.2) is 23.3 Å². The smallest absolute Gasteiger partial charge is 0.343 e. The number of carbonyl (C=O) groups excluding carboxylic acids is 3. The van der Waals surface area contributed by atoms with Crippen LogP contribution in [0.2, 0.25) is 0 Å². The van der Waals surface area contributed by atoms with E-state index in [1.54, 1.807) is 54.3 Å². The Labute approximate surface area is 679 Å². The van der Waals surface area contributed by atoms with Gasteiger partial charge in [-0.05, 0) is 185 Å². The average Bonchev–Trinajstić information content (AvgIpc) is 1.70. The van der Waals surface area contributed by atoms with Crippen LogP contribution in [0, 0.1) is 58.1 Å². The maximum Gasteiger partial charge on any atom is 0.343 e. The number of allylic oxidation sites excluding steroid dienone is 2. The molecule has 29 heteroatoms. The maximum atomic E-state index is 15.3. The minimum absolute atomic E-state index is 0.0166. The summed E-state index contributed by atoms with van der Waals surface area (Å²) in [5.41, 5.74) is 0.745. The minimum atomic E-state index is -1.30. The molecule has 23 nitrogen and oxygen atoms in total. The number of nitriles is 1. The number of aromatic carboxylic acids is 1. The van der Waals surface area contributed by atoms with Gasteiger partial charge in [0.05, 0.1) is 105 Å². The highest BCUT2D eigenvalue weighted by molar-refractivity contribution is 6.02. The number of carboxylic acids is 1. The van der Waals surface area contributed by atoms with Gasteiger partial charge in [-0.2, -0.15) is 5.26 Å². The molecule has 4 aromatic carbocycles. The summed E-state index contributed by atoms with van der Waals surface area (Å²) in [6.07, 6.45) is 34.1. The summed E-state index contributed by atoms with van der Waals surface area (Å²) in [7, 11) is 0. The lowest BCUT2D eigenvalue weighted by Crippen LogP contribution is -2.30. The molecule has 4 aliphatic heterocycles. The van der Waals surface area contributed by atoms with Crippen LogP contribution in [-0.2, 0) is 14.2 Å². The van der Waals surface area contributed by atoms with Gasteiger partial charge in [-0.1, -0.05) is 48.6 Å². The number of carbonyl (C=O) groups is 4. The van der Waals surface area contributed by atoms with E-state index in [9.17, 15) is 81.5 Å². The van der Waals surface area contributed by atoms with Gasteiger partial charge >= 0.3 is 23.9 Å². The van der Waals surface area contributed by atoms with Crippen molar-refractivity contribution < 1.29 is 85.3 Å². The molecule has 4 aromatic heterocycles.